The maximum atomic E-state index is 12.6. The third-order valence-electron chi connectivity index (χ3n) is 5.65. The number of methoxy groups -OCH3 is 1. The number of carbonyl (C=O) groups is 2. The van der Waals surface area contributed by atoms with Crippen molar-refractivity contribution in [1.82, 2.24) is 10.6 Å². The minimum atomic E-state index is -0.208. The number of piperidine rings is 1. The maximum absolute atomic E-state index is 12.6. The van der Waals surface area contributed by atoms with Crippen LogP contribution in [0.3, 0.4) is 0 Å². The van der Waals surface area contributed by atoms with Crippen molar-refractivity contribution in [3.05, 3.63) is 21.4 Å². The molecule has 1 aliphatic carbocycles. The lowest BCUT2D eigenvalue weighted by atomic mass is 9.80. The monoisotopic (exact) mass is 364 g/mol. The van der Waals surface area contributed by atoms with Gasteiger partial charge in [0.15, 0.2) is 0 Å². The van der Waals surface area contributed by atoms with Crippen molar-refractivity contribution >= 4 is 23.2 Å². The molecular weight excluding hydrogens is 340 g/mol. The average Bonchev–Trinajstić information content (AvgIpc) is 3.04. The molecular formula is C18H24N2O4S. The van der Waals surface area contributed by atoms with E-state index in [1.165, 1.54) is 17.6 Å². The second kappa shape index (κ2) is 6.70. The van der Waals surface area contributed by atoms with E-state index in [0.717, 1.165) is 43.8 Å². The zero-order valence-corrected chi connectivity index (χ0v) is 15.2. The number of ether oxygens (including phenoxy) is 2. The van der Waals surface area contributed by atoms with E-state index in [2.05, 4.69) is 10.6 Å². The molecule has 4 rings (SSSR count). The Kier molecular flexibility index (Phi) is 4.56. The van der Waals surface area contributed by atoms with Gasteiger partial charge in [-0.1, -0.05) is 0 Å². The lowest BCUT2D eigenvalue weighted by Crippen LogP contribution is -2.46. The van der Waals surface area contributed by atoms with Gasteiger partial charge in [0.05, 0.1) is 30.1 Å². The van der Waals surface area contributed by atoms with Gasteiger partial charge in [0.2, 0.25) is 0 Å². The average molecular weight is 364 g/mol. The lowest BCUT2D eigenvalue weighted by Gasteiger charge is -2.40. The molecule has 2 fully saturated rings. The van der Waals surface area contributed by atoms with Gasteiger partial charge in [-0.25, -0.2) is 0 Å². The molecule has 1 aromatic rings. The summed E-state index contributed by atoms with van der Waals surface area (Å²) < 4.78 is 10.9. The first-order valence-electron chi connectivity index (χ1n) is 8.98. The van der Waals surface area contributed by atoms with Gasteiger partial charge in [0.25, 0.3) is 5.91 Å². The summed E-state index contributed by atoms with van der Waals surface area (Å²) >= 11 is 1.60. The standard InChI is InChI=1S/C18H24N2O4S/c1-23-17(22)11-8-12(9-11)20-16(21)15-10-13-14(25-15)2-7-24-18(13)3-5-19-6-4-18/h10-12,19H,2-9H2,1H3,(H,20,21). The molecule has 0 aromatic carbocycles. The fourth-order valence-electron chi connectivity index (χ4n) is 4.12. The van der Waals surface area contributed by atoms with E-state index in [9.17, 15) is 9.59 Å². The van der Waals surface area contributed by atoms with Gasteiger partial charge in [-0.05, 0) is 50.4 Å². The molecule has 0 unspecified atom stereocenters. The smallest absolute Gasteiger partial charge is 0.308 e. The minimum absolute atomic E-state index is 0.0307. The van der Waals surface area contributed by atoms with E-state index in [4.69, 9.17) is 9.47 Å². The molecule has 136 valence electrons. The highest BCUT2D eigenvalue weighted by Gasteiger charge is 2.41. The van der Waals surface area contributed by atoms with Crippen LogP contribution in [0.2, 0.25) is 0 Å². The molecule has 25 heavy (non-hydrogen) atoms. The number of fused-ring (bicyclic) bond motifs is 2. The summed E-state index contributed by atoms with van der Waals surface area (Å²) in [4.78, 5) is 26.1. The minimum Gasteiger partial charge on any atom is -0.469 e. The Labute approximate surface area is 151 Å². The second-order valence-corrected chi connectivity index (χ2v) is 8.29. The Morgan fingerprint density at radius 1 is 1.36 bits per heavy atom. The van der Waals surface area contributed by atoms with E-state index in [1.54, 1.807) is 11.3 Å². The van der Waals surface area contributed by atoms with Crippen molar-refractivity contribution in [3.8, 4) is 0 Å². The highest BCUT2D eigenvalue weighted by molar-refractivity contribution is 7.14. The van der Waals surface area contributed by atoms with Gasteiger partial charge in [-0.15, -0.1) is 11.3 Å². The van der Waals surface area contributed by atoms with Crippen molar-refractivity contribution in [3.63, 3.8) is 0 Å². The summed E-state index contributed by atoms with van der Waals surface area (Å²) in [5, 5.41) is 6.44. The summed E-state index contributed by atoms with van der Waals surface area (Å²) in [6, 6.07) is 2.11. The quantitative estimate of drug-likeness (QED) is 0.797. The number of rotatable bonds is 3. The van der Waals surface area contributed by atoms with E-state index in [0.29, 0.717) is 12.8 Å². The van der Waals surface area contributed by atoms with E-state index >= 15 is 0 Å². The zero-order valence-electron chi connectivity index (χ0n) is 14.4. The largest absolute Gasteiger partial charge is 0.469 e. The van der Waals surface area contributed by atoms with Crippen molar-refractivity contribution in [2.45, 2.75) is 43.7 Å². The number of carbonyl (C=O) groups excluding carboxylic acids is 2. The summed E-state index contributed by atoms with van der Waals surface area (Å²) in [7, 11) is 1.41. The fraction of sp³-hybridized carbons (Fsp3) is 0.667. The van der Waals surface area contributed by atoms with Gasteiger partial charge in [-0.3, -0.25) is 9.59 Å². The molecule has 0 atom stereocenters. The van der Waals surface area contributed by atoms with Crippen LogP contribution < -0.4 is 10.6 Å². The number of amides is 1. The topological polar surface area (TPSA) is 76.7 Å². The highest BCUT2D eigenvalue weighted by atomic mass is 32.1. The predicted molar refractivity (Wildman–Crippen MR) is 93.8 cm³/mol. The molecule has 3 aliphatic rings. The molecule has 2 aliphatic heterocycles. The molecule has 7 heteroatoms. The first-order valence-corrected chi connectivity index (χ1v) is 9.79. The molecule has 1 saturated heterocycles. The Morgan fingerprint density at radius 3 is 2.84 bits per heavy atom. The summed E-state index contributed by atoms with van der Waals surface area (Å²) in [6.07, 6.45) is 4.14. The Bertz CT molecular complexity index is 675. The van der Waals surface area contributed by atoms with E-state index < -0.39 is 0 Å². The van der Waals surface area contributed by atoms with Crippen LogP contribution in [0, 0.1) is 5.92 Å². The highest BCUT2D eigenvalue weighted by Crippen LogP contribution is 2.43. The van der Waals surface area contributed by atoms with Gasteiger partial charge in [0, 0.05) is 17.3 Å². The van der Waals surface area contributed by atoms with Crippen molar-refractivity contribution in [2.24, 2.45) is 5.92 Å². The van der Waals surface area contributed by atoms with Gasteiger partial charge in [0.1, 0.15) is 0 Å². The van der Waals surface area contributed by atoms with Crippen molar-refractivity contribution in [2.75, 3.05) is 26.8 Å². The van der Waals surface area contributed by atoms with E-state index in [-0.39, 0.29) is 29.4 Å². The normalized spacial score (nSPS) is 27.2. The third-order valence-corrected chi connectivity index (χ3v) is 6.84. The van der Waals surface area contributed by atoms with Crippen molar-refractivity contribution in [1.29, 1.82) is 0 Å². The van der Waals surface area contributed by atoms with Crippen LogP contribution in [0.15, 0.2) is 6.07 Å². The van der Waals surface area contributed by atoms with Crippen molar-refractivity contribution < 1.29 is 19.1 Å². The van der Waals surface area contributed by atoms with Gasteiger partial charge in [-0.2, -0.15) is 0 Å². The molecule has 3 heterocycles. The van der Waals surface area contributed by atoms with Gasteiger partial charge < -0.3 is 20.1 Å². The SMILES string of the molecule is COC(=O)C1CC(NC(=O)c2cc3c(s2)CCOC32CCNCC2)C1. The Balaban J connectivity index is 1.44. The number of hydrogen-bond donors (Lipinski definition) is 2. The molecule has 1 aromatic heterocycles. The summed E-state index contributed by atoms with van der Waals surface area (Å²) in [5.41, 5.74) is 1.01. The first kappa shape index (κ1) is 17.0. The third kappa shape index (κ3) is 3.09. The molecule has 2 N–H and O–H groups in total. The van der Waals surface area contributed by atoms with Crippen LogP contribution in [-0.4, -0.2) is 44.7 Å². The molecule has 1 amide bonds. The summed E-state index contributed by atoms with van der Waals surface area (Å²) in [5.74, 6) is -0.280. The van der Waals surface area contributed by atoms with Crippen LogP contribution in [0.1, 0.15) is 45.8 Å². The molecule has 0 bridgehead atoms. The molecule has 1 saturated carbocycles. The van der Waals surface area contributed by atoms with Gasteiger partial charge >= 0.3 is 5.97 Å². The maximum Gasteiger partial charge on any atom is 0.308 e. The van der Waals surface area contributed by atoms with Crippen LogP contribution in [0.25, 0.3) is 0 Å². The second-order valence-electron chi connectivity index (χ2n) is 7.15. The lowest BCUT2D eigenvalue weighted by molar-refractivity contribution is -0.149. The van der Waals surface area contributed by atoms with E-state index in [1.807, 2.05) is 6.07 Å². The first-order chi connectivity index (χ1) is 12.1. The molecule has 0 radical (unpaired) electrons. The van der Waals surface area contributed by atoms with Crippen LogP contribution in [0.4, 0.5) is 0 Å². The fourth-order valence-corrected chi connectivity index (χ4v) is 5.26. The molecule has 6 nitrogen and oxygen atoms in total. The Morgan fingerprint density at radius 2 is 2.12 bits per heavy atom. The van der Waals surface area contributed by atoms with Crippen LogP contribution in [0.5, 0.6) is 0 Å². The van der Waals surface area contributed by atoms with Crippen LogP contribution >= 0.6 is 11.3 Å². The Hall–Kier alpha value is -1.44. The zero-order chi connectivity index (χ0) is 17.4. The number of thiophene rings is 1. The van der Waals surface area contributed by atoms with Crippen LogP contribution in [-0.2, 0) is 26.3 Å². The number of hydrogen-bond acceptors (Lipinski definition) is 6. The summed E-state index contributed by atoms with van der Waals surface area (Å²) in [6.45, 7) is 2.64. The number of esters is 1. The number of nitrogens with one attached hydrogen (secondary N) is 2. The predicted octanol–water partition coefficient (Wildman–Crippen LogP) is 1.58. The molecule has 1 spiro atoms.